The molecule has 1 unspecified atom stereocenters. The molecule has 0 aromatic rings. The molecule has 2 heteroatoms. The quantitative estimate of drug-likeness (QED) is 0.190. The van der Waals surface area contributed by atoms with Crippen LogP contribution in [0.5, 0.6) is 0 Å². The van der Waals surface area contributed by atoms with E-state index in [1.165, 1.54) is 51.4 Å². The third-order valence-corrected chi connectivity index (χ3v) is 4.26. The number of esters is 1. The Kier molecular flexibility index (Phi) is 14.1. The zero-order valence-corrected chi connectivity index (χ0v) is 17.0. The second-order valence-corrected chi connectivity index (χ2v) is 8.30. The van der Waals surface area contributed by atoms with E-state index in [0.717, 1.165) is 19.3 Å². The summed E-state index contributed by atoms with van der Waals surface area (Å²) in [6.07, 6.45) is 18.1. The summed E-state index contributed by atoms with van der Waals surface area (Å²) in [5, 5.41) is 0. The highest BCUT2D eigenvalue weighted by molar-refractivity contribution is 5.69. The lowest BCUT2D eigenvalue weighted by Crippen LogP contribution is -2.12. The number of ether oxygens (including phenoxy) is 1. The largest absolute Gasteiger partial charge is 0.458 e. The van der Waals surface area contributed by atoms with Crippen molar-refractivity contribution < 1.29 is 9.53 Å². The van der Waals surface area contributed by atoms with Gasteiger partial charge in [-0.2, -0.15) is 0 Å². The van der Waals surface area contributed by atoms with Gasteiger partial charge in [0.25, 0.3) is 0 Å². The van der Waals surface area contributed by atoms with Gasteiger partial charge in [0, 0.05) is 6.42 Å². The predicted octanol–water partition coefficient (Wildman–Crippen LogP) is 7.22. The molecule has 2 nitrogen and oxygen atoms in total. The van der Waals surface area contributed by atoms with Gasteiger partial charge in [-0.1, -0.05) is 78.7 Å². The Balaban J connectivity index is 3.52. The molecule has 0 amide bonds. The maximum absolute atomic E-state index is 11.8. The molecule has 0 aliphatic heterocycles. The fraction of sp³-hybridized carbons (Fsp3) is 0.864. The fourth-order valence-corrected chi connectivity index (χ4v) is 2.74. The Morgan fingerprint density at radius 2 is 1.58 bits per heavy atom. The Labute approximate surface area is 151 Å². The van der Waals surface area contributed by atoms with Crippen LogP contribution in [-0.4, -0.2) is 12.1 Å². The molecule has 0 bridgehead atoms. The molecule has 1 atom stereocenters. The number of hydrogen-bond acceptors (Lipinski definition) is 2. The monoisotopic (exact) mass is 338 g/mol. The molecule has 0 rings (SSSR count). The van der Waals surface area contributed by atoms with Gasteiger partial charge in [-0.15, -0.1) is 0 Å². The molecule has 0 aliphatic carbocycles. The minimum absolute atomic E-state index is 0.0483. The standard InChI is InChI=1S/C22H42O2/c1-6-7-8-9-11-14-17-20(2)24-21(23)18-15-12-10-13-16-19-22(3,4)5/h14,17,20H,6-13,15-16,18-19H2,1-5H3/b17-14-. The van der Waals surface area contributed by atoms with Crippen molar-refractivity contribution in [2.24, 2.45) is 5.41 Å². The number of carbonyl (C=O) groups is 1. The van der Waals surface area contributed by atoms with Crippen molar-refractivity contribution in [3.63, 3.8) is 0 Å². The van der Waals surface area contributed by atoms with E-state index in [-0.39, 0.29) is 12.1 Å². The Morgan fingerprint density at radius 1 is 0.958 bits per heavy atom. The normalized spacial score (nSPS) is 13.4. The van der Waals surface area contributed by atoms with E-state index in [0.29, 0.717) is 11.8 Å². The Bertz CT molecular complexity index is 325. The molecule has 0 heterocycles. The van der Waals surface area contributed by atoms with Gasteiger partial charge < -0.3 is 4.74 Å². The molecule has 0 spiro atoms. The van der Waals surface area contributed by atoms with E-state index in [2.05, 4.69) is 33.8 Å². The van der Waals surface area contributed by atoms with Crippen molar-refractivity contribution in [1.29, 1.82) is 0 Å². The zero-order chi connectivity index (χ0) is 18.3. The number of carbonyl (C=O) groups excluding carboxylic acids is 1. The predicted molar refractivity (Wildman–Crippen MR) is 105 cm³/mol. The molecule has 142 valence electrons. The average molecular weight is 339 g/mol. The smallest absolute Gasteiger partial charge is 0.306 e. The van der Waals surface area contributed by atoms with Gasteiger partial charge >= 0.3 is 5.97 Å². The molecule has 0 saturated carbocycles. The molecule has 0 aromatic heterocycles. The summed E-state index contributed by atoms with van der Waals surface area (Å²) in [7, 11) is 0. The summed E-state index contributed by atoms with van der Waals surface area (Å²) in [5.41, 5.74) is 0.448. The lowest BCUT2D eigenvalue weighted by atomic mass is 9.89. The van der Waals surface area contributed by atoms with Crippen molar-refractivity contribution in [2.75, 3.05) is 0 Å². The molecule has 0 N–H and O–H groups in total. The summed E-state index contributed by atoms with van der Waals surface area (Å²) < 4.78 is 5.42. The first-order chi connectivity index (χ1) is 11.3. The average Bonchev–Trinajstić information content (AvgIpc) is 2.48. The van der Waals surface area contributed by atoms with E-state index in [1.807, 2.05) is 13.0 Å². The SMILES string of the molecule is CCCCCC/C=C\C(C)OC(=O)CCCCCCCC(C)(C)C. The molecule has 0 aliphatic rings. The van der Waals surface area contributed by atoms with Crippen molar-refractivity contribution in [1.82, 2.24) is 0 Å². The maximum Gasteiger partial charge on any atom is 0.306 e. The van der Waals surface area contributed by atoms with Crippen LogP contribution in [0.4, 0.5) is 0 Å². The lowest BCUT2D eigenvalue weighted by molar-refractivity contribution is -0.146. The Morgan fingerprint density at radius 3 is 2.25 bits per heavy atom. The molecule has 0 aromatic carbocycles. The minimum Gasteiger partial charge on any atom is -0.458 e. The van der Waals surface area contributed by atoms with Gasteiger partial charge in [0.05, 0.1) is 0 Å². The van der Waals surface area contributed by atoms with Gasteiger partial charge in [0.2, 0.25) is 0 Å². The van der Waals surface area contributed by atoms with E-state index >= 15 is 0 Å². The fourth-order valence-electron chi connectivity index (χ4n) is 2.74. The topological polar surface area (TPSA) is 26.3 Å². The van der Waals surface area contributed by atoms with Crippen molar-refractivity contribution in [3.05, 3.63) is 12.2 Å². The molecule has 24 heavy (non-hydrogen) atoms. The van der Waals surface area contributed by atoms with Gasteiger partial charge in [0.1, 0.15) is 6.10 Å². The first-order valence-electron chi connectivity index (χ1n) is 10.2. The first kappa shape index (κ1) is 23.2. The van der Waals surface area contributed by atoms with Crippen LogP contribution < -0.4 is 0 Å². The van der Waals surface area contributed by atoms with Gasteiger partial charge in [-0.3, -0.25) is 4.79 Å². The molecular weight excluding hydrogens is 296 g/mol. The van der Waals surface area contributed by atoms with Crippen LogP contribution in [0.3, 0.4) is 0 Å². The van der Waals surface area contributed by atoms with Crippen LogP contribution in [0, 0.1) is 5.41 Å². The zero-order valence-electron chi connectivity index (χ0n) is 17.0. The van der Waals surface area contributed by atoms with Crippen LogP contribution in [-0.2, 0) is 9.53 Å². The molecule has 0 saturated heterocycles. The highest BCUT2D eigenvalue weighted by Gasteiger charge is 2.09. The van der Waals surface area contributed by atoms with Crippen molar-refractivity contribution in [3.8, 4) is 0 Å². The van der Waals surface area contributed by atoms with Crippen LogP contribution in [0.15, 0.2) is 12.2 Å². The maximum atomic E-state index is 11.8. The summed E-state index contributed by atoms with van der Waals surface area (Å²) in [6.45, 7) is 11.1. The third-order valence-electron chi connectivity index (χ3n) is 4.26. The van der Waals surface area contributed by atoms with Crippen molar-refractivity contribution in [2.45, 2.75) is 118 Å². The summed E-state index contributed by atoms with van der Waals surface area (Å²) in [4.78, 5) is 11.8. The van der Waals surface area contributed by atoms with Crippen LogP contribution in [0.2, 0.25) is 0 Å². The lowest BCUT2D eigenvalue weighted by Gasteiger charge is -2.17. The Hall–Kier alpha value is -0.790. The van der Waals surface area contributed by atoms with Gasteiger partial charge in [-0.25, -0.2) is 0 Å². The van der Waals surface area contributed by atoms with E-state index < -0.39 is 0 Å². The number of hydrogen-bond donors (Lipinski definition) is 0. The van der Waals surface area contributed by atoms with Gasteiger partial charge in [-0.05, 0) is 44.1 Å². The number of rotatable bonds is 14. The summed E-state index contributed by atoms with van der Waals surface area (Å²) in [5.74, 6) is -0.0483. The highest BCUT2D eigenvalue weighted by atomic mass is 16.5. The van der Waals surface area contributed by atoms with Crippen molar-refractivity contribution >= 4 is 5.97 Å². The second-order valence-electron chi connectivity index (χ2n) is 8.30. The van der Waals surface area contributed by atoms with Crippen LogP contribution in [0.1, 0.15) is 112 Å². The second kappa shape index (κ2) is 14.5. The molecule has 0 radical (unpaired) electrons. The van der Waals surface area contributed by atoms with Crippen LogP contribution in [0.25, 0.3) is 0 Å². The molecule has 0 fully saturated rings. The first-order valence-corrected chi connectivity index (χ1v) is 10.2. The number of unbranched alkanes of at least 4 members (excludes halogenated alkanes) is 8. The van der Waals surface area contributed by atoms with E-state index in [1.54, 1.807) is 0 Å². The van der Waals surface area contributed by atoms with Crippen LogP contribution >= 0.6 is 0 Å². The minimum atomic E-state index is -0.0875. The van der Waals surface area contributed by atoms with E-state index in [9.17, 15) is 4.79 Å². The highest BCUT2D eigenvalue weighted by Crippen LogP contribution is 2.22. The third kappa shape index (κ3) is 17.6. The van der Waals surface area contributed by atoms with Gasteiger partial charge in [0.15, 0.2) is 0 Å². The summed E-state index contributed by atoms with van der Waals surface area (Å²) >= 11 is 0. The van der Waals surface area contributed by atoms with E-state index in [4.69, 9.17) is 4.74 Å². The number of allylic oxidation sites excluding steroid dienone is 1. The molecular formula is C22H42O2. The summed E-state index contributed by atoms with van der Waals surface area (Å²) in [6, 6.07) is 0.